The minimum Gasteiger partial charge on any atom is -0.119 e. The highest BCUT2D eigenvalue weighted by Crippen LogP contribution is 2.45. The van der Waals surface area contributed by atoms with E-state index in [-0.39, 0.29) is 10.3 Å². The summed E-state index contributed by atoms with van der Waals surface area (Å²) in [5.74, 6) is 0.747. The molecule has 0 amide bonds. The fourth-order valence-electron chi connectivity index (χ4n) is 2.67. The first kappa shape index (κ1) is 18.0. The van der Waals surface area contributed by atoms with E-state index < -0.39 is 0 Å². The molecule has 2 unspecified atom stereocenters. The number of rotatable bonds is 10. The molecule has 18 heavy (non-hydrogen) atoms. The van der Waals surface area contributed by atoms with E-state index in [9.17, 15) is 0 Å². The zero-order chi connectivity index (χ0) is 14.2. The molecule has 0 aliphatic rings. The van der Waals surface area contributed by atoms with Crippen LogP contribution in [0.5, 0.6) is 0 Å². The van der Waals surface area contributed by atoms with Crippen LogP contribution in [0.3, 0.4) is 0 Å². The van der Waals surface area contributed by atoms with E-state index in [0.717, 1.165) is 18.8 Å². The van der Waals surface area contributed by atoms with Gasteiger partial charge in [0, 0.05) is 4.87 Å². The fraction of sp³-hybridized carbons (Fsp3) is 0.882. The highest BCUT2D eigenvalue weighted by atomic mass is 35.5. The molecule has 1 heteroatoms. The maximum absolute atomic E-state index is 6.62. The molecule has 0 aliphatic heterocycles. The van der Waals surface area contributed by atoms with Gasteiger partial charge in [0.15, 0.2) is 0 Å². The average Bonchev–Trinajstić information content (AvgIpc) is 2.28. The largest absolute Gasteiger partial charge is 0.119 e. The van der Waals surface area contributed by atoms with Crippen LogP contribution in [0.15, 0.2) is 12.7 Å². The molecular weight excluding hydrogens is 240 g/mol. The summed E-state index contributed by atoms with van der Waals surface area (Å²) in [7, 11) is 0. The Bertz CT molecular complexity index is 226. The summed E-state index contributed by atoms with van der Waals surface area (Å²) in [5.41, 5.74) is 0.217. The average molecular weight is 273 g/mol. The van der Waals surface area contributed by atoms with Gasteiger partial charge >= 0.3 is 0 Å². The first-order valence-corrected chi connectivity index (χ1v) is 7.98. The van der Waals surface area contributed by atoms with E-state index in [0.29, 0.717) is 0 Å². The maximum Gasteiger partial charge on any atom is 0.0444 e. The van der Waals surface area contributed by atoms with Crippen LogP contribution in [0.4, 0.5) is 0 Å². The SMILES string of the molecule is C=CCC(CCCCC)CC(C)(CC)C(C)(C)Cl. The predicted molar refractivity (Wildman–Crippen MR) is 85.4 cm³/mol. The third-order valence-corrected chi connectivity index (χ3v) is 5.13. The van der Waals surface area contributed by atoms with Gasteiger partial charge in [0.1, 0.15) is 0 Å². The van der Waals surface area contributed by atoms with Gasteiger partial charge in [-0.1, -0.05) is 52.5 Å². The van der Waals surface area contributed by atoms with Crippen molar-refractivity contribution in [1.82, 2.24) is 0 Å². The quantitative estimate of drug-likeness (QED) is 0.239. The van der Waals surface area contributed by atoms with Crippen molar-refractivity contribution < 1.29 is 0 Å². The number of halogens is 1. The van der Waals surface area contributed by atoms with Gasteiger partial charge in [-0.2, -0.15) is 0 Å². The Morgan fingerprint density at radius 2 is 1.78 bits per heavy atom. The van der Waals surface area contributed by atoms with E-state index >= 15 is 0 Å². The molecule has 2 atom stereocenters. The van der Waals surface area contributed by atoms with Crippen molar-refractivity contribution in [2.24, 2.45) is 11.3 Å². The third kappa shape index (κ3) is 5.78. The summed E-state index contributed by atoms with van der Waals surface area (Å²) in [6, 6.07) is 0. The topological polar surface area (TPSA) is 0 Å². The number of hydrogen-bond donors (Lipinski definition) is 0. The first-order valence-electron chi connectivity index (χ1n) is 7.60. The molecule has 0 fully saturated rings. The third-order valence-electron chi connectivity index (χ3n) is 4.67. The van der Waals surface area contributed by atoms with Crippen LogP contribution in [-0.2, 0) is 0 Å². The molecule has 0 nitrogen and oxygen atoms in total. The van der Waals surface area contributed by atoms with Crippen LogP contribution >= 0.6 is 11.6 Å². The van der Waals surface area contributed by atoms with Crippen molar-refractivity contribution in [3.63, 3.8) is 0 Å². The summed E-state index contributed by atoms with van der Waals surface area (Å²) < 4.78 is 0. The molecule has 0 aromatic carbocycles. The second-order valence-electron chi connectivity index (χ2n) is 6.48. The molecule has 108 valence electrons. The Morgan fingerprint density at radius 1 is 1.17 bits per heavy atom. The minimum absolute atomic E-state index is 0.133. The second-order valence-corrected chi connectivity index (χ2v) is 7.42. The number of allylic oxidation sites excluding steroid dienone is 1. The van der Waals surface area contributed by atoms with Gasteiger partial charge < -0.3 is 0 Å². The molecule has 0 aromatic rings. The van der Waals surface area contributed by atoms with Gasteiger partial charge in [0.05, 0.1) is 0 Å². The summed E-state index contributed by atoms with van der Waals surface area (Å²) in [6.07, 6.45) is 10.9. The van der Waals surface area contributed by atoms with E-state index in [2.05, 4.69) is 47.3 Å². The summed E-state index contributed by atoms with van der Waals surface area (Å²) in [4.78, 5) is -0.133. The molecule has 0 aromatic heterocycles. The van der Waals surface area contributed by atoms with Crippen LogP contribution in [0.2, 0.25) is 0 Å². The van der Waals surface area contributed by atoms with Crippen LogP contribution in [0, 0.1) is 11.3 Å². The normalized spacial score (nSPS) is 17.2. The number of hydrogen-bond acceptors (Lipinski definition) is 0. The van der Waals surface area contributed by atoms with Gasteiger partial charge in [0.25, 0.3) is 0 Å². The molecule has 0 saturated carbocycles. The van der Waals surface area contributed by atoms with E-state index in [1.165, 1.54) is 32.1 Å². The lowest BCUT2D eigenvalue weighted by Crippen LogP contribution is -2.37. The highest BCUT2D eigenvalue weighted by molar-refractivity contribution is 6.23. The molecule has 0 heterocycles. The van der Waals surface area contributed by atoms with Crippen LogP contribution in [0.25, 0.3) is 0 Å². The van der Waals surface area contributed by atoms with Gasteiger partial charge in [-0.25, -0.2) is 0 Å². The zero-order valence-corrected chi connectivity index (χ0v) is 13.9. The Labute approximate surface area is 120 Å². The van der Waals surface area contributed by atoms with Crippen molar-refractivity contribution in [2.45, 2.75) is 84.4 Å². The van der Waals surface area contributed by atoms with Crippen molar-refractivity contribution >= 4 is 11.6 Å². The van der Waals surface area contributed by atoms with Crippen molar-refractivity contribution in [3.05, 3.63) is 12.7 Å². The smallest absolute Gasteiger partial charge is 0.0444 e. The Kier molecular flexibility index (Phi) is 8.26. The van der Waals surface area contributed by atoms with Crippen LogP contribution in [-0.4, -0.2) is 4.87 Å². The Hall–Kier alpha value is 0.0300. The van der Waals surface area contributed by atoms with E-state index in [4.69, 9.17) is 11.6 Å². The highest BCUT2D eigenvalue weighted by Gasteiger charge is 2.39. The fourth-order valence-corrected chi connectivity index (χ4v) is 2.88. The zero-order valence-electron chi connectivity index (χ0n) is 13.2. The van der Waals surface area contributed by atoms with Crippen molar-refractivity contribution in [2.75, 3.05) is 0 Å². The summed E-state index contributed by atoms with van der Waals surface area (Å²) in [6.45, 7) is 15.1. The number of alkyl halides is 1. The van der Waals surface area contributed by atoms with Crippen LogP contribution in [0.1, 0.15) is 79.6 Å². The van der Waals surface area contributed by atoms with Gasteiger partial charge in [-0.3, -0.25) is 0 Å². The standard InChI is InChI=1S/C17H33Cl/c1-7-10-11-13-15(12-8-2)14-17(6,9-3)16(4,5)18/h8,15H,2,7,9-14H2,1,3-6H3. The van der Waals surface area contributed by atoms with Crippen molar-refractivity contribution in [1.29, 1.82) is 0 Å². The molecule has 0 aliphatic carbocycles. The molecule has 0 radical (unpaired) electrons. The lowest BCUT2D eigenvalue weighted by atomic mass is 9.69. The molecular formula is C17H33Cl. The van der Waals surface area contributed by atoms with Crippen molar-refractivity contribution in [3.8, 4) is 0 Å². The summed E-state index contributed by atoms with van der Waals surface area (Å²) in [5, 5.41) is 0. The van der Waals surface area contributed by atoms with E-state index in [1.807, 2.05) is 0 Å². The van der Waals surface area contributed by atoms with Gasteiger partial charge in [-0.05, 0) is 44.4 Å². The lowest BCUT2D eigenvalue weighted by molar-refractivity contribution is 0.168. The molecule has 0 spiro atoms. The lowest BCUT2D eigenvalue weighted by Gasteiger charge is -2.42. The Morgan fingerprint density at radius 3 is 2.17 bits per heavy atom. The molecule has 0 saturated heterocycles. The minimum atomic E-state index is -0.133. The Balaban J connectivity index is 4.57. The van der Waals surface area contributed by atoms with E-state index in [1.54, 1.807) is 0 Å². The predicted octanol–water partition coefficient (Wildman–Crippen LogP) is 6.58. The second kappa shape index (κ2) is 8.25. The van der Waals surface area contributed by atoms with Gasteiger partial charge in [-0.15, -0.1) is 18.2 Å². The molecule has 0 rings (SSSR count). The summed E-state index contributed by atoms with van der Waals surface area (Å²) >= 11 is 6.62. The van der Waals surface area contributed by atoms with Gasteiger partial charge in [0.2, 0.25) is 0 Å². The molecule has 0 N–H and O–H groups in total. The maximum atomic E-state index is 6.62. The monoisotopic (exact) mass is 272 g/mol. The van der Waals surface area contributed by atoms with Crippen LogP contribution < -0.4 is 0 Å². The molecule has 0 bridgehead atoms. The number of unbranched alkanes of at least 4 members (excludes halogenated alkanes) is 2. The first-order chi connectivity index (χ1) is 8.30.